The second-order valence-corrected chi connectivity index (χ2v) is 4.60. The monoisotopic (exact) mass is 224 g/mol. The molecule has 0 unspecified atom stereocenters. The van der Waals surface area contributed by atoms with Crippen molar-refractivity contribution in [1.82, 2.24) is 4.98 Å². The molecule has 0 radical (unpaired) electrons. The molecule has 2 rings (SSSR count). The Labute approximate surface area is 94.1 Å². The molecule has 5 heteroatoms. The summed E-state index contributed by atoms with van der Waals surface area (Å²) in [4.78, 5) is 16.8. The van der Waals surface area contributed by atoms with Gasteiger partial charge in [-0.2, -0.15) is 4.98 Å². The minimum atomic E-state index is -1.05. The first-order valence-corrected chi connectivity index (χ1v) is 5.53. The predicted octanol–water partition coefficient (Wildman–Crippen LogP) is 2.00. The van der Waals surface area contributed by atoms with E-state index in [0.29, 0.717) is 18.0 Å². The fraction of sp³-hybridized carbons (Fsp3) is 0.636. The molecule has 1 aliphatic carbocycles. The van der Waals surface area contributed by atoms with E-state index in [1.165, 1.54) is 6.26 Å². The van der Waals surface area contributed by atoms with E-state index >= 15 is 0 Å². The molecule has 1 saturated carbocycles. The van der Waals surface area contributed by atoms with E-state index in [1.807, 2.05) is 0 Å². The molecule has 0 saturated heterocycles. The largest absolute Gasteiger partial charge is 0.476 e. The molecule has 88 valence electrons. The third kappa shape index (κ3) is 2.35. The standard InChI is InChI=1S/C11H16N2O3/c1-7(2)5-13(8-3-4-8)11-12-9(6-16-11)10(14)15/h6-8H,3-5H2,1-2H3,(H,14,15). The number of aromatic nitrogens is 1. The topological polar surface area (TPSA) is 66.6 Å². The molecule has 0 aliphatic heterocycles. The molecule has 1 aromatic rings. The first-order valence-electron chi connectivity index (χ1n) is 5.53. The number of carbonyl (C=O) groups is 1. The molecule has 1 heterocycles. The van der Waals surface area contributed by atoms with Crippen LogP contribution in [-0.2, 0) is 0 Å². The SMILES string of the molecule is CC(C)CN(c1nc(C(=O)O)co1)C1CC1. The number of anilines is 1. The van der Waals surface area contributed by atoms with Gasteiger partial charge in [0.05, 0.1) is 0 Å². The Balaban J connectivity index is 2.14. The summed E-state index contributed by atoms with van der Waals surface area (Å²) in [6, 6.07) is 0.913. The van der Waals surface area contributed by atoms with Crippen LogP contribution in [-0.4, -0.2) is 28.6 Å². The highest BCUT2D eigenvalue weighted by atomic mass is 16.4. The third-order valence-electron chi connectivity index (χ3n) is 2.51. The van der Waals surface area contributed by atoms with Crippen molar-refractivity contribution in [3.8, 4) is 0 Å². The summed E-state index contributed by atoms with van der Waals surface area (Å²) in [6.07, 6.45) is 3.47. The number of carboxylic acid groups (broad SMARTS) is 1. The number of aromatic carboxylic acids is 1. The summed E-state index contributed by atoms with van der Waals surface area (Å²) in [5, 5.41) is 8.78. The van der Waals surface area contributed by atoms with Gasteiger partial charge in [-0.1, -0.05) is 13.8 Å². The molecule has 1 N–H and O–H groups in total. The number of oxazole rings is 1. The van der Waals surface area contributed by atoms with Crippen LogP contribution in [0.5, 0.6) is 0 Å². The summed E-state index contributed by atoms with van der Waals surface area (Å²) in [7, 11) is 0. The van der Waals surface area contributed by atoms with Gasteiger partial charge in [0.15, 0.2) is 5.69 Å². The van der Waals surface area contributed by atoms with Crippen LogP contribution < -0.4 is 4.90 Å². The third-order valence-corrected chi connectivity index (χ3v) is 2.51. The lowest BCUT2D eigenvalue weighted by molar-refractivity contribution is 0.0690. The van der Waals surface area contributed by atoms with Crippen molar-refractivity contribution >= 4 is 12.0 Å². The summed E-state index contributed by atoms with van der Waals surface area (Å²) < 4.78 is 5.22. The van der Waals surface area contributed by atoms with Gasteiger partial charge >= 0.3 is 5.97 Å². The van der Waals surface area contributed by atoms with Gasteiger partial charge in [-0.3, -0.25) is 0 Å². The zero-order valence-corrected chi connectivity index (χ0v) is 9.51. The highest BCUT2D eigenvalue weighted by Gasteiger charge is 2.32. The van der Waals surface area contributed by atoms with Gasteiger partial charge in [-0.15, -0.1) is 0 Å². The van der Waals surface area contributed by atoms with E-state index in [9.17, 15) is 4.79 Å². The zero-order valence-electron chi connectivity index (χ0n) is 9.51. The average Bonchev–Trinajstić information content (AvgIpc) is 2.91. The lowest BCUT2D eigenvalue weighted by Gasteiger charge is -2.21. The number of rotatable bonds is 5. The molecule has 1 aliphatic rings. The van der Waals surface area contributed by atoms with Crippen LogP contribution in [0.1, 0.15) is 37.2 Å². The number of hydrogen-bond acceptors (Lipinski definition) is 4. The van der Waals surface area contributed by atoms with Crippen LogP contribution >= 0.6 is 0 Å². The molecular formula is C11H16N2O3. The summed E-state index contributed by atoms with van der Waals surface area (Å²) >= 11 is 0. The number of hydrogen-bond donors (Lipinski definition) is 1. The minimum absolute atomic E-state index is 0.0237. The first-order chi connectivity index (χ1) is 7.58. The van der Waals surface area contributed by atoms with Crippen LogP contribution in [0.2, 0.25) is 0 Å². The Morgan fingerprint density at radius 3 is 2.81 bits per heavy atom. The van der Waals surface area contributed by atoms with Crippen LogP contribution in [0.15, 0.2) is 10.7 Å². The molecule has 0 amide bonds. The summed E-state index contributed by atoms with van der Waals surface area (Å²) in [6.45, 7) is 5.09. The smallest absolute Gasteiger partial charge is 0.357 e. The van der Waals surface area contributed by atoms with E-state index < -0.39 is 5.97 Å². The lowest BCUT2D eigenvalue weighted by atomic mass is 10.2. The second kappa shape index (κ2) is 4.15. The quantitative estimate of drug-likeness (QED) is 0.828. The van der Waals surface area contributed by atoms with E-state index in [1.54, 1.807) is 0 Å². The maximum absolute atomic E-state index is 10.7. The Kier molecular flexibility index (Phi) is 2.85. The average molecular weight is 224 g/mol. The van der Waals surface area contributed by atoms with Crippen molar-refractivity contribution in [2.24, 2.45) is 5.92 Å². The van der Waals surface area contributed by atoms with Crippen LogP contribution in [0.3, 0.4) is 0 Å². The number of carboxylic acids is 1. The summed E-state index contributed by atoms with van der Waals surface area (Å²) in [5.41, 5.74) is -0.0237. The Morgan fingerprint density at radius 2 is 2.38 bits per heavy atom. The highest BCUT2D eigenvalue weighted by Crippen LogP contribution is 2.31. The van der Waals surface area contributed by atoms with Crippen molar-refractivity contribution < 1.29 is 14.3 Å². The molecule has 0 spiro atoms. The Hall–Kier alpha value is -1.52. The lowest BCUT2D eigenvalue weighted by Crippen LogP contribution is -2.30. The van der Waals surface area contributed by atoms with E-state index in [4.69, 9.17) is 9.52 Å². The van der Waals surface area contributed by atoms with Crippen molar-refractivity contribution in [3.63, 3.8) is 0 Å². The molecule has 0 atom stereocenters. The molecule has 5 nitrogen and oxygen atoms in total. The van der Waals surface area contributed by atoms with Gasteiger partial charge in [0, 0.05) is 12.6 Å². The predicted molar refractivity (Wildman–Crippen MR) is 58.7 cm³/mol. The highest BCUT2D eigenvalue weighted by molar-refractivity contribution is 5.85. The molecular weight excluding hydrogens is 208 g/mol. The Bertz CT molecular complexity index is 382. The van der Waals surface area contributed by atoms with E-state index in [-0.39, 0.29) is 5.69 Å². The zero-order chi connectivity index (χ0) is 11.7. The maximum Gasteiger partial charge on any atom is 0.357 e. The van der Waals surface area contributed by atoms with Crippen molar-refractivity contribution in [2.75, 3.05) is 11.4 Å². The van der Waals surface area contributed by atoms with Gasteiger partial charge in [0.1, 0.15) is 6.26 Å². The minimum Gasteiger partial charge on any atom is -0.476 e. The van der Waals surface area contributed by atoms with Crippen LogP contribution in [0.25, 0.3) is 0 Å². The van der Waals surface area contributed by atoms with Gasteiger partial charge < -0.3 is 14.4 Å². The Morgan fingerprint density at radius 1 is 1.69 bits per heavy atom. The van der Waals surface area contributed by atoms with Crippen LogP contribution in [0.4, 0.5) is 6.01 Å². The molecule has 1 aromatic heterocycles. The van der Waals surface area contributed by atoms with Gasteiger partial charge in [-0.05, 0) is 18.8 Å². The second-order valence-electron chi connectivity index (χ2n) is 4.60. The normalized spacial score (nSPS) is 15.4. The fourth-order valence-corrected chi connectivity index (χ4v) is 1.66. The molecule has 0 aromatic carbocycles. The van der Waals surface area contributed by atoms with Crippen molar-refractivity contribution in [1.29, 1.82) is 0 Å². The van der Waals surface area contributed by atoms with Crippen molar-refractivity contribution in [2.45, 2.75) is 32.7 Å². The van der Waals surface area contributed by atoms with Gasteiger partial charge in [0.25, 0.3) is 6.01 Å². The van der Waals surface area contributed by atoms with Crippen molar-refractivity contribution in [3.05, 3.63) is 12.0 Å². The van der Waals surface area contributed by atoms with Crippen LogP contribution in [0, 0.1) is 5.92 Å². The summed E-state index contributed by atoms with van der Waals surface area (Å²) in [5.74, 6) is -0.545. The fourth-order valence-electron chi connectivity index (χ4n) is 1.66. The number of nitrogens with zero attached hydrogens (tertiary/aromatic N) is 2. The van der Waals surface area contributed by atoms with E-state index in [2.05, 4.69) is 23.7 Å². The van der Waals surface area contributed by atoms with Gasteiger partial charge in [0.2, 0.25) is 0 Å². The molecule has 1 fully saturated rings. The first kappa shape index (κ1) is 11.0. The van der Waals surface area contributed by atoms with E-state index in [0.717, 1.165) is 19.4 Å². The maximum atomic E-state index is 10.7. The molecule has 16 heavy (non-hydrogen) atoms. The molecule has 0 bridgehead atoms. The van der Waals surface area contributed by atoms with Gasteiger partial charge in [-0.25, -0.2) is 4.79 Å².